The van der Waals surface area contributed by atoms with E-state index in [4.69, 9.17) is 4.74 Å². The summed E-state index contributed by atoms with van der Waals surface area (Å²) in [5.41, 5.74) is -0.905. The first-order chi connectivity index (χ1) is 10.0. The SMILES string of the molecule is CN(Cc1cccs1)C(=O)NCC1(C(=O)O)CCOCC1. The summed E-state index contributed by atoms with van der Waals surface area (Å²) in [6.07, 6.45) is 0.856. The zero-order valence-corrected chi connectivity index (χ0v) is 12.8. The Hall–Kier alpha value is -1.60. The highest BCUT2D eigenvalue weighted by Gasteiger charge is 2.40. The maximum Gasteiger partial charge on any atom is 0.317 e. The van der Waals surface area contributed by atoms with Crippen LogP contribution in [0.5, 0.6) is 0 Å². The van der Waals surface area contributed by atoms with E-state index in [0.29, 0.717) is 32.6 Å². The van der Waals surface area contributed by atoms with E-state index in [9.17, 15) is 14.7 Å². The molecule has 2 N–H and O–H groups in total. The van der Waals surface area contributed by atoms with Crippen LogP contribution in [-0.2, 0) is 16.1 Å². The molecule has 21 heavy (non-hydrogen) atoms. The summed E-state index contributed by atoms with van der Waals surface area (Å²) in [5, 5.41) is 14.1. The highest BCUT2D eigenvalue weighted by Crippen LogP contribution is 2.30. The number of hydrogen-bond acceptors (Lipinski definition) is 4. The first-order valence-corrected chi connectivity index (χ1v) is 7.74. The lowest BCUT2D eigenvalue weighted by Gasteiger charge is -2.33. The van der Waals surface area contributed by atoms with E-state index in [0.717, 1.165) is 4.88 Å². The molecule has 0 unspecified atom stereocenters. The van der Waals surface area contributed by atoms with Gasteiger partial charge < -0.3 is 20.1 Å². The molecule has 2 amide bonds. The van der Waals surface area contributed by atoms with Crippen LogP contribution in [0.2, 0.25) is 0 Å². The molecule has 116 valence electrons. The van der Waals surface area contributed by atoms with Crippen LogP contribution in [0.25, 0.3) is 0 Å². The van der Waals surface area contributed by atoms with Crippen molar-refractivity contribution in [3.05, 3.63) is 22.4 Å². The summed E-state index contributed by atoms with van der Waals surface area (Å²) in [6.45, 7) is 1.51. The Morgan fingerprint density at radius 1 is 1.48 bits per heavy atom. The van der Waals surface area contributed by atoms with Gasteiger partial charge in [-0.15, -0.1) is 11.3 Å². The maximum atomic E-state index is 12.1. The summed E-state index contributed by atoms with van der Waals surface area (Å²) in [6, 6.07) is 3.65. The van der Waals surface area contributed by atoms with Gasteiger partial charge in [-0.05, 0) is 24.3 Å². The van der Waals surface area contributed by atoms with Gasteiger partial charge in [-0.1, -0.05) is 6.07 Å². The Morgan fingerprint density at radius 2 is 2.19 bits per heavy atom. The van der Waals surface area contributed by atoms with E-state index in [1.807, 2.05) is 17.5 Å². The normalized spacial score (nSPS) is 17.2. The molecular formula is C14H20N2O4S. The van der Waals surface area contributed by atoms with Gasteiger partial charge in [0.25, 0.3) is 0 Å². The topological polar surface area (TPSA) is 78.9 Å². The zero-order valence-electron chi connectivity index (χ0n) is 12.0. The third-order valence-corrected chi connectivity index (χ3v) is 4.66. The Kier molecular flexibility index (Phi) is 5.19. The number of amides is 2. The fourth-order valence-electron chi connectivity index (χ4n) is 2.32. The van der Waals surface area contributed by atoms with Crippen LogP contribution in [-0.4, -0.2) is 48.8 Å². The summed E-state index contributed by atoms with van der Waals surface area (Å²) in [7, 11) is 1.70. The number of carbonyl (C=O) groups excluding carboxylic acids is 1. The molecular weight excluding hydrogens is 292 g/mol. The Balaban J connectivity index is 1.88. The number of carboxylic acid groups (broad SMARTS) is 1. The Morgan fingerprint density at radius 3 is 2.76 bits per heavy atom. The van der Waals surface area contributed by atoms with Crippen molar-refractivity contribution in [2.45, 2.75) is 19.4 Å². The molecule has 0 bridgehead atoms. The van der Waals surface area contributed by atoms with Gasteiger partial charge >= 0.3 is 12.0 Å². The number of ether oxygens (including phenoxy) is 1. The molecule has 1 aliphatic heterocycles. The van der Waals surface area contributed by atoms with Crippen molar-refractivity contribution in [3.8, 4) is 0 Å². The Labute approximate surface area is 127 Å². The largest absolute Gasteiger partial charge is 0.481 e. The number of carbonyl (C=O) groups is 2. The van der Waals surface area contributed by atoms with E-state index in [2.05, 4.69) is 5.32 Å². The lowest BCUT2D eigenvalue weighted by Crippen LogP contribution is -2.49. The average Bonchev–Trinajstić information content (AvgIpc) is 2.98. The Bertz CT molecular complexity index is 483. The third kappa shape index (κ3) is 3.95. The number of nitrogens with one attached hydrogen (secondary N) is 1. The standard InChI is InChI=1S/C14H20N2O4S/c1-16(9-11-3-2-8-21-11)13(19)15-10-14(12(17)18)4-6-20-7-5-14/h2-3,8H,4-7,9-10H2,1H3,(H,15,19)(H,17,18). The van der Waals surface area contributed by atoms with Crippen LogP contribution in [0, 0.1) is 5.41 Å². The molecule has 7 heteroatoms. The first-order valence-electron chi connectivity index (χ1n) is 6.86. The van der Waals surface area contributed by atoms with Crippen molar-refractivity contribution in [1.82, 2.24) is 10.2 Å². The van der Waals surface area contributed by atoms with Gasteiger partial charge in [0.1, 0.15) is 0 Å². The number of aliphatic carboxylic acids is 1. The van der Waals surface area contributed by atoms with E-state index < -0.39 is 11.4 Å². The molecule has 6 nitrogen and oxygen atoms in total. The van der Waals surface area contributed by atoms with Crippen molar-refractivity contribution in [2.24, 2.45) is 5.41 Å². The highest BCUT2D eigenvalue weighted by atomic mass is 32.1. The van der Waals surface area contributed by atoms with Crippen LogP contribution >= 0.6 is 11.3 Å². The summed E-state index contributed by atoms with van der Waals surface area (Å²) in [4.78, 5) is 26.2. The molecule has 0 atom stereocenters. The molecule has 1 aromatic rings. The lowest BCUT2D eigenvalue weighted by molar-refractivity contribution is -0.154. The van der Waals surface area contributed by atoms with Gasteiger partial charge in [-0.25, -0.2) is 4.79 Å². The zero-order chi connectivity index (χ0) is 15.3. The molecule has 0 saturated carbocycles. The van der Waals surface area contributed by atoms with Gasteiger partial charge in [0.05, 0.1) is 12.0 Å². The lowest BCUT2D eigenvalue weighted by atomic mass is 9.80. The smallest absolute Gasteiger partial charge is 0.317 e. The molecule has 0 aromatic carbocycles. The van der Waals surface area contributed by atoms with Gasteiger partial charge in [0.15, 0.2) is 0 Å². The van der Waals surface area contributed by atoms with Crippen LogP contribution in [0.3, 0.4) is 0 Å². The van der Waals surface area contributed by atoms with Crippen molar-refractivity contribution in [1.29, 1.82) is 0 Å². The molecule has 1 saturated heterocycles. The third-order valence-electron chi connectivity index (χ3n) is 3.80. The minimum atomic E-state index is -0.905. The number of nitrogens with zero attached hydrogens (tertiary/aromatic N) is 1. The number of urea groups is 1. The fraction of sp³-hybridized carbons (Fsp3) is 0.571. The van der Waals surface area contributed by atoms with Crippen LogP contribution in [0.15, 0.2) is 17.5 Å². The van der Waals surface area contributed by atoms with Gasteiger partial charge in [-0.3, -0.25) is 4.79 Å². The predicted octanol–water partition coefficient (Wildman–Crippen LogP) is 1.77. The van der Waals surface area contributed by atoms with Gasteiger partial charge in [0.2, 0.25) is 0 Å². The molecule has 2 rings (SSSR count). The molecule has 1 aromatic heterocycles. The van der Waals surface area contributed by atoms with E-state index >= 15 is 0 Å². The molecule has 0 spiro atoms. The minimum absolute atomic E-state index is 0.138. The second kappa shape index (κ2) is 6.91. The maximum absolute atomic E-state index is 12.1. The highest BCUT2D eigenvalue weighted by molar-refractivity contribution is 7.09. The first kappa shape index (κ1) is 15.8. The predicted molar refractivity (Wildman–Crippen MR) is 79.3 cm³/mol. The summed E-state index contributed by atoms with van der Waals surface area (Å²) in [5.74, 6) is -0.869. The summed E-state index contributed by atoms with van der Waals surface area (Å²) < 4.78 is 5.21. The van der Waals surface area contributed by atoms with Crippen LogP contribution in [0.4, 0.5) is 4.79 Å². The number of carboxylic acids is 1. The number of rotatable bonds is 5. The molecule has 1 aliphatic rings. The van der Waals surface area contributed by atoms with Crippen molar-refractivity contribution in [2.75, 3.05) is 26.8 Å². The second-order valence-electron chi connectivity index (χ2n) is 5.29. The average molecular weight is 312 g/mol. The van der Waals surface area contributed by atoms with Crippen molar-refractivity contribution >= 4 is 23.3 Å². The van der Waals surface area contributed by atoms with E-state index in [1.165, 1.54) is 0 Å². The minimum Gasteiger partial charge on any atom is -0.481 e. The second-order valence-corrected chi connectivity index (χ2v) is 6.32. The number of thiophene rings is 1. The molecule has 2 heterocycles. The molecule has 1 fully saturated rings. The van der Waals surface area contributed by atoms with Gasteiger partial charge in [-0.2, -0.15) is 0 Å². The quantitative estimate of drug-likeness (QED) is 0.868. The number of hydrogen-bond donors (Lipinski definition) is 2. The molecule has 0 radical (unpaired) electrons. The monoisotopic (exact) mass is 312 g/mol. The fourth-order valence-corrected chi connectivity index (χ4v) is 3.07. The van der Waals surface area contributed by atoms with Crippen molar-refractivity contribution in [3.63, 3.8) is 0 Å². The summed E-state index contributed by atoms with van der Waals surface area (Å²) >= 11 is 1.59. The van der Waals surface area contributed by atoms with E-state index in [-0.39, 0.29) is 12.6 Å². The molecule has 0 aliphatic carbocycles. The van der Waals surface area contributed by atoms with Crippen LogP contribution in [0.1, 0.15) is 17.7 Å². The van der Waals surface area contributed by atoms with Crippen LogP contribution < -0.4 is 5.32 Å². The van der Waals surface area contributed by atoms with Gasteiger partial charge in [0, 0.05) is 31.7 Å². The van der Waals surface area contributed by atoms with Crippen molar-refractivity contribution < 1.29 is 19.4 Å². The van der Waals surface area contributed by atoms with E-state index in [1.54, 1.807) is 23.3 Å².